The third-order valence-electron chi connectivity index (χ3n) is 0. The Hall–Kier alpha value is -0.0417. The molecule has 1 amide bonds. The van der Waals surface area contributed by atoms with E-state index in [2.05, 4.69) is 5.73 Å². The van der Waals surface area contributed by atoms with Crippen molar-refractivity contribution in [1.82, 2.24) is 0 Å². The van der Waals surface area contributed by atoms with Gasteiger partial charge < -0.3 is 10.8 Å². The van der Waals surface area contributed by atoms with E-state index in [4.69, 9.17) is 9.90 Å². The molecule has 0 atom stereocenters. The number of primary amides is 1. The Kier molecular flexibility index (Phi) is 7.03. The van der Waals surface area contributed by atoms with E-state index in [0.29, 0.717) is 0 Å². The van der Waals surface area contributed by atoms with Crippen LogP contribution < -0.4 is 5.73 Å². The van der Waals surface area contributed by atoms with Gasteiger partial charge in [0.25, 0.3) is 0 Å². The summed E-state index contributed by atoms with van der Waals surface area (Å²) in [6, 6.07) is 0. The van der Waals surface area contributed by atoms with E-state index in [0.717, 1.165) is 0 Å². The molecule has 0 aromatic rings. The molecule has 0 saturated heterocycles. The minimum Gasteiger partial charge on any atom is -0.465 e. The van der Waals surface area contributed by atoms with E-state index < -0.39 is 6.09 Å². The number of rotatable bonds is 0. The smallest absolute Gasteiger partial charge is 0.402 e. The van der Waals surface area contributed by atoms with Crippen LogP contribution in [0, 0.1) is 0 Å². The zero-order valence-electron chi connectivity index (χ0n) is 2.34. The minimum absolute atomic E-state index is 0. The molecular weight excluding hydrogens is 154 g/mol. The van der Waals surface area contributed by atoms with Crippen LogP contribution in [-0.2, 0) is 21.1 Å². The van der Waals surface area contributed by atoms with Crippen molar-refractivity contribution in [3.8, 4) is 0 Å². The Bertz CT molecular complexity index is 32.6. The number of hydrogen-bond acceptors (Lipinski definition) is 1. The maximum atomic E-state index is 8.78. The second-order valence-electron chi connectivity index (χ2n) is 0.338. The summed E-state index contributed by atoms with van der Waals surface area (Å²) in [5.41, 5.74) is 4.03. The first-order chi connectivity index (χ1) is 1.73. The second kappa shape index (κ2) is 3.96. The molecule has 0 unspecified atom stereocenters. The van der Waals surface area contributed by atoms with Gasteiger partial charge in [-0.25, -0.2) is 4.79 Å². The van der Waals surface area contributed by atoms with Crippen LogP contribution in [0.2, 0.25) is 0 Å². The SMILES string of the molecule is NC(=O)O.[Mo]. The molecule has 0 fully saturated rings. The van der Waals surface area contributed by atoms with Crippen LogP contribution in [0.5, 0.6) is 0 Å². The molecule has 0 heterocycles. The number of amides is 1. The monoisotopic (exact) mass is 159 g/mol. The summed E-state index contributed by atoms with van der Waals surface area (Å²) in [6.45, 7) is 0. The van der Waals surface area contributed by atoms with Crippen LogP contribution in [0.3, 0.4) is 0 Å². The van der Waals surface area contributed by atoms with E-state index in [1.165, 1.54) is 0 Å². The van der Waals surface area contributed by atoms with Gasteiger partial charge in [0.05, 0.1) is 0 Å². The Morgan fingerprint density at radius 2 is 1.80 bits per heavy atom. The second-order valence-corrected chi connectivity index (χ2v) is 0.338. The molecule has 0 spiro atoms. The molecule has 0 aliphatic rings. The van der Waals surface area contributed by atoms with Crippen molar-refractivity contribution in [3.05, 3.63) is 0 Å². The first-order valence-corrected chi connectivity index (χ1v) is 0.716. The zero-order chi connectivity index (χ0) is 3.58. The third kappa shape index (κ3) is 8730. The Morgan fingerprint density at radius 3 is 1.80 bits per heavy atom. The van der Waals surface area contributed by atoms with Gasteiger partial charge in [0, 0.05) is 21.1 Å². The Labute approximate surface area is 43.4 Å². The average Bonchev–Trinajstić information content (AvgIpc) is 0.811. The van der Waals surface area contributed by atoms with Crippen molar-refractivity contribution < 1.29 is 31.0 Å². The van der Waals surface area contributed by atoms with Gasteiger partial charge in [0.1, 0.15) is 0 Å². The third-order valence-corrected chi connectivity index (χ3v) is 0. The molecule has 30 valence electrons. The van der Waals surface area contributed by atoms with Crippen molar-refractivity contribution in [1.29, 1.82) is 0 Å². The molecule has 0 rings (SSSR count). The summed E-state index contributed by atoms with van der Waals surface area (Å²) in [5.74, 6) is 0. The standard InChI is InChI=1S/CH3NO2.Mo/c2-1(3)4;/h2H2,(H,3,4);. The molecule has 4 heteroatoms. The molecule has 0 bridgehead atoms. The number of hydrogen-bond donors (Lipinski definition) is 2. The molecule has 0 aliphatic carbocycles. The molecule has 0 aromatic heterocycles. The summed E-state index contributed by atoms with van der Waals surface area (Å²) in [5, 5.41) is 7.19. The molecule has 0 aromatic carbocycles. The maximum absolute atomic E-state index is 8.78. The Morgan fingerprint density at radius 1 is 1.80 bits per heavy atom. The summed E-state index contributed by atoms with van der Waals surface area (Å²) in [6.07, 6.45) is -1.33. The van der Waals surface area contributed by atoms with E-state index in [1.54, 1.807) is 0 Å². The topological polar surface area (TPSA) is 63.3 Å². The maximum Gasteiger partial charge on any atom is 0.402 e. The molecule has 3 nitrogen and oxygen atoms in total. The largest absolute Gasteiger partial charge is 0.465 e. The predicted octanol–water partition coefficient (Wildman–Crippen LogP) is -0.379. The van der Waals surface area contributed by atoms with Crippen LogP contribution in [0.25, 0.3) is 0 Å². The van der Waals surface area contributed by atoms with Gasteiger partial charge in [-0.2, -0.15) is 0 Å². The van der Waals surface area contributed by atoms with Crippen molar-refractivity contribution in [2.24, 2.45) is 5.73 Å². The van der Waals surface area contributed by atoms with E-state index in [1.807, 2.05) is 0 Å². The van der Waals surface area contributed by atoms with Crippen LogP contribution in [0.1, 0.15) is 0 Å². The zero-order valence-corrected chi connectivity index (χ0v) is 4.35. The van der Waals surface area contributed by atoms with Gasteiger partial charge in [-0.3, -0.25) is 0 Å². The van der Waals surface area contributed by atoms with Gasteiger partial charge in [-0.15, -0.1) is 0 Å². The molecular formula is CH3MoNO2. The summed E-state index contributed by atoms with van der Waals surface area (Å²) >= 11 is 0. The fourth-order valence-electron chi connectivity index (χ4n) is 0. The van der Waals surface area contributed by atoms with Crippen molar-refractivity contribution in [3.63, 3.8) is 0 Å². The van der Waals surface area contributed by atoms with Crippen LogP contribution >= 0.6 is 0 Å². The number of nitrogens with two attached hydrogens (primary N) is 1. The summed E-state index contributed by atoms with van der Waals surface area (Å²) < 4.78 is 0. The molecule has 0 aliphatic heterocycles. The van der Waals surface area contributed by atoms with Crippen LogP contribution in [-0.4, -0.2) is 11.2 Å². The summed E-state index contributed by atoms with van der Waals surface area (Å²) in [7, 11) is 0. The summed E-state index contributed by atoms with van der Waals surface area (Å²) in [4.78, 5) is 8.78. The van der Waals surface area contributed by atoms with Gasteiger partial charge in [-0.05, 0) is 0 Å². The van der Waals surface area contributed by atoms with Crippen LogP contribution in [0.15, 0.2) is 0 Å². The van der Waals surface area contributed by atoms with Gasteiger partial charge in [-0.1, -0.05) is 0 Å². The average molecular weight is 157 g/mol. The Balaban J connectivity index is 0. The molecule has 5 heavy (non-hydrogen) atoms. The first-order valence-electron chi connectivity index (χ1n) is 0.716. The normalized spacial score (nSPS) is 4.80. The van der Waals surface area contributed by atoms with Gasteiger partial charge >= 0.3 is 6.09 Å². The van der Waals surface area contributed by atoms with Gasteiger partial charge in [0.15, 0.2) is 0 Å². The van der Waals surface area contributed by atoms with Crippen molar-refractivity contribution in [2.45, 2.75) is 0 Å². The predicted molar refractivity (Wildman–Crippen MR) is 12.2 cm³/mol. The van der Waals surface area contributed by atoms with E-state index in [9.17, 15) is 0 Å². The number of carboxylic acid groups (broad SMARTS) is 1. The fraction of sp³-hybridized carbons (Fsp3) is 0. The fourth-order valence-corrected chi connectivity index (χ4v) is 0. The first kappa shape index (κ1) is 8.88. The van der Waals surface area contributed by atoms with E-state index >= 15 is 0 Å². The van der Waals surface area contributed by atoms with Gasteiger partial charge in [0.2, 0.25) is 0 Å². The molecule has 0 radical (unpaired) electrons. The van der Waals surface area contributed by atoms with Crippen LogP contribution in [0.4, 0.5) is 4.79 Å². The van der Waals surface area contributed by atoms with E-state index in [-0.39, 0.29) is 21.1 Å². The van der Waals surface area contributed by atoms with Crippen molar-refractivity contribution in [2.75, 3.05) is 0 Å². The quantitative estimate of drug-likeness (QED) is 0.470. The van der Waals surface area contributed by atoms with Crippen molar-refractivity contribution >= 4 is 6.09 Å². The minimum atomic E-state index is -1.33. The number of carbonyl (C=O) groups is 1. The molecule has 0 saturated carbocycles. The molecule has 3 N–H and O–H groups in total.